The maximum Gasteiger partial charge on any atom is 0.219 e. The Morgan fingerprint density at radius 2 is 2.00 bits per heavy atom. The van der Waals surface area contributed by atoms with Crippen LogP contribution in [0.3, 0.4) is 0 Å². The molecule has 1 N–H and O–H groups in total. The summed E-state index contributed by atoms with van der Waals surface area (Å²) >= 11 is 0. The van der Waals surface area contributed by atoms with Gasteiger partial charge >= 0.3 is 0 Å². The molecule has 70 valence electrons. The minimum absolute atomic E-state index is 0.121. The number of benzene rings is 1. The van der Waals surface area contributed by atoms with E-state index in [1.807, 2.05) is 18.2 Å². The van der Waals surface area contributed by atoms with Gasteiger partial charge in [-0.15, -0.1) is 0 Å². The molecule has 0 fully saturated rings. The second-order valence-electron chi connectivity index (χ2n) is 3.01. The van der Waals surface area contributed by atoms with Gasteiger partial charge in [0.25, 0.3) is 0 Å². The van der Waals surface area contributed by atoms with Gasteiger partial charge in [0.2, 0.25) is 5.91 Å². The molecule has 1 aromatic carbocycles. The molecule has 0 aliphatic heterocycles. The van der Waals surface area contributed by atoms with Gasteiger partial charge < -0.3 is 5.32 Å². The van der Waals surface area contributed by atoms with Crippen molar-refractivity contribution in [2.45, 2.75) is 19.3 Å². The predicted molar refractivity (Wildman–Crippen MR) is 53.4 cm³/mol. The fraction of sp³-hybridized carbons (Fsp3) is 0.364. The van der Waals surface area contributed by atoms with Crippen molar-refractivity contribution in [2.75, 3.05) is 7.05 Å². The maximum atomic E-state index is 10.9. The summed E-state index contributed by atoms with van der Waals surface area (Å²) in [5.74, 6) is 0.121. The van der Waals surface area contributed by atoms with Gasteiger partial charge in [0.1, 0.15) is 0 Å². The van der Waals surface area contributed by atoms with Gasteiger partial charge in [-0.3, -0.25) is 4.79 Å². The Kier molecular flexibility index (Phi) is 4.03. The highest BCUT2D eigenvalue weighted by Gasteiger charge is 1.97. The van der Waals surface area contributed by atoms with Crippen molar-refractivity contribution in [3.8, 4) is 0 Å². The summed E-state index contributed by atoms with van der Waals surface area (Å²) < 4.78 is 0. The SMILES string of the molecule is CNC(=O)CCCc1ccccc1. The van der Waals surface area contributed by atoms with E-state index in [1.54, 1.807) is 7.05 Å². The van der Waals surface area contributed by atoms with Crippen molar-refractivity contribution in [1.82, 2.24) is 5.32 Å². The first-order valence-electron chi connectivity index (χ1n) is 4.57. The molecule has 0 atom stereocenters. The van der Waals surface area contributed by atoms with Crippen LogP contribution in [0.4, 0.5) is 0 Å². The van der Waals surface area contributed by atoms with Crippen molar-refractivity contribution in [1.29, 1.82) is 0 Å². The van der Waals surface area contributed by atoms with Crippen LogP contribution in [-0.4, -0.2) is 13.0 Å². The molecule has 2 nitrogen and oxygen atoms in total. The summed E-state index contributed by atoms with van der Waals surface area (Å²) in [4.78, 5) is 10.9. The third kappa shape index (κ3) is 3.74. The lowest BCUT2D eigenvalue weighted by Crippen LogP contribution is -2.17. The summed E-state index contributed by atoms with van der Waals surface area (Å²) in [6.07, 6.45) is 2.52. The highest BCUT2D eigenvalue weighted by atomic mass is 16.1. The Hall–Kier alpha value is -1.31. The van der Waals surface area contributed by atoms with Crippen molar-refractivity contribution >= 4 is 5.91 Å². The summed E-state index contributed by atoms with van der Waals surface area (Å²) in [6.45, 7) is 0. The average molecular weight is 177 g/mol. The fourth-order valence-corrected chi connectivity index (χ4v) is 1.22. The predicted octanol–water partition coefficient (Wildman–Crippen LogP) is 1.76. The molecule has 0 spiro atoms. The quantitative estimate of drug-likeness (QED) is 0.746. The molecule has 0 radical (unpaired) electrons. The minimum Gasteiger partial charge on any atom is -0.359 e. The highest BCUT2D eigenvalue weighted by Crippen LogP contribution is 2.03. The van der Waals surface area contributed by atoms with Crippen LogP contribution in [0.2, 0.25) is 0 Å². The van der Waals surface area contributed by atoms with Gasteiger partial charge in [-0.25, -0.2) is 0 Å². The Bertz CT molecular complexity index is 256. The first-order chi connectivity index (χ1) is 6.33. The average Bonchev–Trinajstić information content (AvgIpc) is 2.19. The van der Waals surface area contributed by atoms with Gasteiger partial charge in [0.15, 0.2) is 0 Å². The molecule has 1 aromatic rings. The molecule has 1 rings (SSSR count). The lowest BCUT2D eigenvalue weighted by Gasteiger charge is -2.00. The zero-order valence-corrected chi connectivity index (χ0v) is 7.92. The fourth-order valence-electron chi connectivity index (χ4n) is 1.22. The molecule has 13 heavy (non-hydrogen) atoms. The van der Waals surface area contributed by atoms with Gasteiger partial charge in [-0.05, 0) is 18.4 Å². The molecule has 0 aliphatic carbocycles. The number of hydrogen-bond donors (Lipinski definition) is 1. The molecule has 0 bridgehead atoms. The summed E-state index contributed by atoms with van der Waals surface area (Å²) in [6, 6.07) is 10.2. The van der Waals surface area contributed by atoms with Crippen LogP contribution < -0.4 is 5.32 Å². The molecule has 0 aromatic heterocycles. The van der Waals surface area contributed by atoms with Gasteiger partial charge in [-0.1, -0.05) is 30.3 Å². The Balaban J connectivity index is 2.24. The Morgan fingerprint density at radius 3 is 2.62 bits per heavy atom. The normalized spacial score (nSPS) is 9.62. The van der Waals surface area contributed by atoms with E-state index in [4.69, 9.17) is 0 Å². The number of nitrogens with one attached hydrogen (secondary N) is 1. The van der Waals surface area contributed by atoms with Gasteiger partial charge in [-0.2, -0.15) is 0 Å². The molecule has 0 saturated carbocycles. The second kappa shape index (κ2) is 5.36. The maximum absolute atomic E-state index is 10.9. The Labute approximate surface area is 79.0 Å². The van der Waals surface area contributed by atoms with Crippen molar-refractivity contribution in [3.05, 3.63) is 35.9 Å². The smallest absolute Gasteiger partial charge is 0.219 e. The van der Waals surface area contributed by atoms with Crippen molar-refractivity contribution in [3.63, 3.8) is 0 Å². The summed E-state index contributed by atoms with van der Waals surface area (Å²) in [5.41, 5.74) is 1.30. The molecule has 2 heteroatoms. The summed E-state index contributed by atoms with van der Waals surface area (Å²) in [5, 5.41) is 2.61. The monoisotopic (exact) mass is 177 g/mol. The molecule has 1 amide bonds. The van der Waals surface area contributed by atoms with E-state index in [1.165, 1.54) is 5.56 Å². The zero-order valence-electron chi connectivity index (χ0n) is 7.92. The van der Waals surface area contributed by atoms with Crippen LogP contribution >= 0.6 is 0 Å². The number of carbonyl (C=O) groups excluding carboxylic acids is 1. The van der Waals surface area contributed by atoms with Crippen LogP contribution in [0.15, 0.2) is 30.3 Å². The van der Waals surface area contributed by atoms with Crippen LogP contribution in [0.1, 0.15) is 18.4 Å². The van der Waals surface area contributed by atoms with E-state index in [-0.39, 0.29) is 5.91 Å². The van der Waals surface area contributed by atoms with Crippen LogP contribution in [0.5, 0.6) is 0 Å². The highest BCUT2D eigenvalue weighted by molar-refractivity contribution is 5.75. The number of hydrogen-bond acceptors (Lipinski definition) is 1. The standard InChI is InChI=1S/C11H15NO/c1-12-11(13)9-5-8-10-6-3-2-4-7-10/h2-4,6-7H,5,8-9H2,1H3,(H,12,13). The third-order valence-corrected chi connectivity index (χ3v) is 1.99. The van der Waals surface area contributed by atoms with Gasteiger partial charge in [0.05, 0.1) is 0 Å². The number of amides is 1. The largest absolute Gasteiger partial charge is 0.359 e. The number of carbonyl (C=O) groups is 1. The zero-order chi connectivity index (χ0) is 9.52. The first-order valence-corrected chi connectivity index (χ1v) is 4.57. The molecular weight excluding hydrogens is 162 g/mol. The van der Waals surface area contributed by atoms with E-state index >= 15 is 0 Å². The van der Waals surface area contributed by atoms with Crippen molar-refractivity contribution in [2.24, 2.45) is 0 Å². The number of rotatable bonds is 4. The molecule has 0 unspecified atom stereocenters. The van der Waals surface area contributed by atoms with Gasteiger partial charge in [0, 0.05) is 13.5 Å². The minimum atomic E-state index is 0.121. The van der Waals surface area contributed by atoms with Crippen LogP contribution in [0, 0.1) is 0 Å². The van der Waals surface area contributed by atoms with E-state index in [9.17, 15) is 4.79 Å². The third-order valence-electron chi connectivity index (χ3n) is 1.99. The van der Waals surface area contributed by atoms with E-state index in [2.05, 4.69) is 17.4 Å². The first kappa shape index (κ1) is 9.78. The number of aryl methyl sites for hydroxylation is 1. The van der Waals surface area contributed by atoms with Crippen LogP contribution in [-0.2, 0) is 11.2 Å². The van der Waals surface area contributed by atoms with E-state index in [0.717, 1.165) is 12.8 Å². The van der Waals surface area contributed by atoms with E-state index in [0.29, 0.717) is 6.42 Å². The molecular formula is C11H15NO. The second-order valence-corrected chi connectivity index (χ2v) is 3.01. The molecule has 0 aliphatic rings. The summed E-state index contributed by atoms with van der Waals surface area (Å²) in [7, 11) is 1.67. The van der Waals surface area contributed by atoms with E-state index < -0.39 is 0 Å². The topological polar surface area (TPSA) is 29.1 Å². The lowest BCUT2D eigenvalue weighted by molar-refractivity contribution is -0.120. The molecule has 0 saturated heterocycles. The molecule has 0 heterocycles. The van der Waals surface area contributed by atoms with Crippen LogP contribution in [0.25, 0.3) is 0 Å². The lowest BCUT2D eigenvalue weighted by atomic mass is 10.1. The van der Waals surface area contributed by atoms with Crippen molar-refractivity contribution < 1.29 is 4.79 Å². The Morgan fingerprint density at radius 1 is 1.31 bits per heavy atom.